The van der Waals surface area contributed by atoms with E-state index >= 15 is 0 Å². The molecule has 2 rings (SSSR count). The van der Waals surface area contributed by atoms with Crippen molar-refractivity contribution in [1.82, 2.24) is 15.3 Å². The van der Waals surface area contributed by atoms with Gasteiger partial charge in [-0.3, -0.25) is 4.79 Å². The Morgan fingerprint density at radius 2 is 2.33 bits per heavy atom. The Balaban J connectivity index is 1.95. The van der Waals surface area contributed by atoms with E-state index in [0.29, 0.717) is 12.4 Å². The van der Waals surface area contributed by atoms with E-state index in [1.165, 1.54) is 7.11 Å². The molecule has 2 aromatic rings. The molecule has 0 aliphatic carbocycles. The zero-order chi connectivity index (χ0) is 13.0. The normalized spacial score (nSPS) is 12.6. The lowest BCUT2D eigenvalue weighted by Gasteiger charge is -2.09. The molecular weight excluding hydrogens is 232 g/mol. The highest BCUT2D eigenvalue weighted by Crippen LogP contribution is 2.09. The maximum Gasteiger partial charge on any atom is 0.239 e. The quantitative estimate of drug-likeness (QED) is 0.702. The highest BCUT2D eigenvalue weighted by molar-refractivity contribution is 5.81. The van der Waals surface area contributed by atoms with E-state index in [9.17, 15) is 4.79 Å². The molecule has 1 unspecified atom stereocenters. The van der Waals surface area contributed by atoms with E-state index in [0.717, 1.165) is 11.0 Å². The number of H-pyrrole nitrogens is 1. The zero-order valence-corrected chi connectivity index (χ0v) is 10.1. The summed E-state index contributed by atoms with van der Waals surface area (Å²) in [7, 11) is 1.51. The molecule has 0 spiro atoms. The maximum atomic E-state index is 11.6. The summed E-state index contributed by atoms with van der Waals surface area (Å²) in [5.41, 5.74) is 7.42. The lowest BCUT2D eigenvalue weighted by molar-refractivity contribution is -0.123. The molecule has 1 aromatic heterocycles. The molecule has 1 heterocycles. The average Bonchev–Trinajstić information content (AvgIpc) is 2.78. The molecule has 0 aliphatic rings. The van der Waals surface area contributed by atoms with Crippen molar-refractivity contribution in [1.29, 1.82) is 0 Å². The first kappa shape index (κ1) is 12.5. The number of ether oxygens (including phenoxy) is 1. The van der Waals surface area contributed by atoms with Gasteiger partial charge in [0, 0.05) is 7.11 Å². The van der Waals surface area contributed by atoms with Crippen LogP contribution in [0.3, 0.4) is 0 Å². The van der Waals surface area contributed by atoms with Crippen molar-refractivity contribution in [3.63, 3.8) is 0 Å². The third kappa shape index (κ3) is 2.85. The van der Waals surface area contributed by atoms with Gasteiger partial charge in [0.25, 0.3) is 0 Å². The van der Waals surface area contributed by atoms with Crippen molar-refractivity contribution in [2.45, 2.75) is 12.6 Å². The summed E-state index contributed by atoms with van der Waals surface area (Å²) >= 11 is 0. The van der Waals surface area contributed by atoms with Crippen molar-refractivity contribution < 1.29 is 9.53 Å². The number of rotatable bonds is 5. The van der Waals surface area contributed by atoms with Crippen LogP contribution in [0.25, 0.3) is 11.0 Å². The molecule has 0 radical (unpaired) electrons. The fourth-order valence-corrected chi connectivity index (χ4v) is 1.65. The summed E-state index contributed by atoms with van der Waals surface area (Å²) in [6, 6.07) is 7.04. The number of amides is 1. The van der Waals surface area contributed by atoms with E-state index in [4.69, 9.17) is 10.5 Å². The summed E-state index contributed by atoms with van der Waals surface area (Å²) in [6.07, 6.45) is 0. The van der Waals surface area contributed by atoms with Crippen LogP contribution in [0.1, 0.15) is 5.82 Å². The monoisotopic (exact) mass is 248 g/mol. The Morgan fingerprint density at radius 1 is 1.56 bits per heavy atom. The lowest BCUT2D eigenvalue weighted by Crippen LogP contribution is -2.43. The van der Waals surface area contributed by atoms with E-state index in [1.807, 2.05) is 24.3 Å². The highest BCUT2D eigenvalue weighted by atomic mass is 16.5. The smallest absolute Gasteiger partial charge is 0.239 e. The van der Waals surface area contributed by atoms with Crippen LogP contribution in [0.15, 0.2) is 24.3 Å². The van der Waals surface area contributed by atoms with Gasteiger partial charge in [-0.2, -0.15) is 0 Å². The minimum absolute atomic E-state index is 0.200. The number of aromatic nitrogens is 2. The van der Waals surface area contributed by atoms with Gasteiger partial charge >= 0.3 is 0 Å². The number of para-hydroxylation sites is 2. The van der Waals surface area contributed by atoms with Gasteiger partial charge in [0.05, 0.1) is 24.2 Å². The third-order valence-electron chi connectivity index (χ3n) is 2.55. The predicted octanol–water partition coefficient (Wildman–Crippen LogP) is 0.153. The number of carbonyl (C=O) groups is 1. The Bertz CT molecular complexity index is 505. The Hall–Kier alpha value is -1.92. The number of hydrogen-bond acceptors (Lipinski definition) is 4. The van der Waals surface area contributed by atoms with Gasteiger partial charge in [-0.25, -0.2) is 4.98 Å². The number of carbonyl (C=O) groups excluding carboxylic acids is 1. The van der Waals surface area contributed by atoms with Crippen molar-refractivity contribution >= 4 is 16.9 Å². The molecule has 0 bridgehead atoms. The van der Waals surface area contributed by atoms with E-state index in [-0.39, 0.29) is 12.5 Å². The van der Waals surface area contributed by atoms with Gasteiger partial charge in [0.1, 0.15) is 11.9 Å². The fourth-order valence-electron chi connectivity index (χ4n) is 1.65. The second-order valence-corrected chi connectivity index (χ2v) is 3.98. The first-order valence-corrected chi connectivity index (χ1v) is 5.66. The Labute approximate surface area is 105 Å². The van der Waals surface area contributed by atoms with Crippen LogP contribution in [0.2, 0.25) is 0 Å². The topological polar surface area (TPSA) is 93.0 Å². The number of nitrogens with one attached hydrogen (secondary N) is 2. The SMILES string of the molecule is COCC(N)C(=O)NCc1nc2ccccc2[nH]1. The van der Waals surface area contributed by atoms with E-state index in [2.05, 4.69) is 15.3 Å². The number of imidazole rings is 1. The van der Waals surface area contributed by atoms with E-state index < -0.39 is 6.04 Å². The van der Waals surface area contributed by atoms with Crippen LogP contribution in [-0.4, -0.2) is 35.6 Å². The molecule has 6 heteroatoms. The van der Waals surface area contributed by atoms with Crippen molar-refractivity contribution in [2.24, 2.45) is 5.73 Å². The molecule has 1 atom stereocenters. The molecule has 4 N–H and O–H groups in total. The van der Waals surface area contributed by atoms with Gasteiger partial charge < -0.3 is 20.8 Å². The molecule has 0 aliphatic heterocycles. The molecular formula is C12H16N4O2. The summed E-state index contributed by atoms with van der Waals surface area (Å²) in [5.74, 6) is 0.450. The van der Waals surface area contributed by atoms with Crippen LogP contribution < -0.4 is 11.1 Å². The number of nitrogens with zero attached hydrogens (tertiary/aromatic N) is 1. The molecule has 6 nitrogen and oxygen atoms in total. The number of methoxy groups -OCH3 is 1. The van der Waals surface area contributed by atoms with Gasteiger partial charge in [-0.15, -0.1) is 0 Å². The second kappa shape index (κ2) is 5.61. The van der Waals surface area contributed by atoms with Crippen LogP contribution in [-0.2, 0) is 16.1 Å². The first-order valence-electron chi connectivity index (χ1n) is 5.66. The molecule has 96 valence electrons. The number of nitrogens with two attached hydrogens (primary N) is 1. The standard InChI is InChI=1S/C12H16N4O2/c1-18-7-8(13)12(17)14-6-11-15-9-4-2-3-5-10(9)16-11/h2-5,8H,6-7,13H2,1H3,(H,14,17)(H,15,16). The number of fused-ring (bicyclic) bond motifs is 1. The molecule has 1 amide bonds. The summed E-state index contributed by atoms with van der Waals surface area (Å²) in [4.78, 5) is 19.0. The van der Waals surface area contributed by atoms with Crippen LogP contribution in [0.5, 0.6) is 0 Å². The molecule has 0 saturated carbocycles. The van der Waals surface area contributed by atoms with Crippen LogP contribution in [0.4, 0.5) is 0 Å². The first-order chi connectivity index (χ1) is 8.70. The highest BCUT2D eigenvalue weighted by Gasteiger charge is 2.13. The van der Waals surface area contributed by atoms with Gasteiger partial charge in [0.15, 0.2) is 0 Å². The summed E-state index contributed by atoms with van der Waals surface area (Å²) in [6.45, 7) is 0.525. The third-order valence-corrected chi connectivity index (χ3v) is 2.55. The Kier molecular flexibility index (Phi) is 3.91. The number of hydrogen-bond donors (Lipinski definition) is 3. The molecule has 1 aromatic carbocycles. The summed E-state index contributed by atoms with van der Waals surface area (Å²) < 4.78 is 4.82. The fraction of sp³-hybridized carbons (Fsp3) is 0.333. The average molecular weight is 248 g/mol. The van der Waals surface area contributed by atoms with Gasteiger partial charge in [-0.05, 0) is 12.1 Å². The largest absolute Gasteiger partial charge is 0.383 e. The molecule has 0 saturated heterocycles. The van der Waals surface area contributed by atoms with Gasteiger partial charge in [-0.1, -0.05) is 12.1 Å². The van der Waals surface area contributed by atoms with Crippen LogP contribution >= 0.6 is 0 Å². The molecule has 0 fully saturated rings. The van der Waals surface area contributed by atoms with Crippen molar-refractivity contribution in [2.75, 3.05) is 13.7 Å². The second-order valence-electron chi connectivity index (χ2n) is 3.98. The minimum Gasteiger partial charge on any atom is -0.383 e. The van der Waals surface area contributed by atoms with Crippen molar-refractivity contribution in [3.05, 3.63) is 30.1 Å². The maximum absolute atomic E-state index is 11.6. The van der Waals surface area contributed by atoms with Gasteiger partial charge in [0.2, 0.25) is 5.91 Å². The van der Waals surface area contributed by atoms with Crippen LogP contribution in [0, 0.1) is 0 Å². The summed E-state index contributed by atoms with van der Waals surface area (Å²) in [5, 5.41) is 2.71. The molecule has 18 heavy (non-hydrogen) atoms. The zero-order valence-electron chi connectivity index (χ0n) is 10.1. The number of benzene rings is 1. The van der Waals surface area contributed by atoms with Crippen molar-refractivity contribution in [3.8, 4) is 0 Å². The predicted molar refractivity (Wildman–Crippen MR) is 67.8 cm³/mol. The number of aromatic amines is 1. The van der Waals surface area contributed by atoms with E-state index in [1.54, 1.807) is 0 Å². The Morgan fingerprint density at radius 3 is 3.06 bits per heavy atom. The minimum atomic E-state index is -0.653. The lowest BCUT2D eigenvalue weighted by atomic mass is 10.3.